The van der Waals surface area contributed by atoms with E-state index in [2.05, 4.69) is 4.99 Å². The number of ether oxygens (including phenoxy) is 1. The van der Waals surface area contributed by atoms with Gasteiger partial charge in [0.05, 0.1) is 17.3 Å². The van der Waals surface area contributed by atoms with E-state index in [4.69, 9.17) is 16.3 Å². The first-order chi connectivity index (χ1) is 14.6. The van der Waals surface area contributed by atoms with Gasteiger partial charge in [0.25, 0.3) is 5.91 Å². The molecule has 0 N–H and O–H groups in total. The molecule has 4 rings (SSSR count). The van der Waals surface area contributed by atoms with Crippen LogP contribution in [0.25, 0.3) is 6.08 Å². The Balaban J connectivity index is 1.77. The van der Waals surface area contributed by atoms with Gasteiger partial charge in [-0.15, -0.1) is 0 Å². The Kier molecular flexibility index (Phi) is 5.63. The van der Waals surface area contributed by atoms with Crippen LogP contribution in [0.5, 0.6) is 5.75 Å². The molecule has 3 aromatic carbocycles. The van der Waals surface area contributed by atoms with Crippen LogP contribution in [0.2, 0.25) is 5.02 Å². The fourth-order valence-corrected chi connectivity index (χ4v) is 3.37. The molecule has 30 heavy (non-hydrogen) atoms. The summed E-state index contributed by atoms with van der Waals surface area (Å²) in [5.74, 6) is 0.456. The molecule has 0 unspecified atom stereocenters. The first-order valence-corrected chi connectivity index (χ1v) is 9.83. The molecule has 6 heteroatoms. The van der Waals surface area contributed by atoms with Gasteiger partial charge < -0.3 is 4.74 Å². The number of carbonyl (C=O) groups excluding carboxylic acids is 1. The fourth-order valence-electron chi connectivity index (χ4n) is 3.15. The molecule has 0 bridgehead atoms. The minimum absolute atomic E-state index is 0.262. The third kappa shape index (κ3) is 3.98. The van der Waals surface area contributed by atoms with E-state index in [1.807, 2.05) is 43.3 Å². The molecule has 1 heterocycles. The van der Waals surface area contributed by atoms with Crippen molar-refractivity contribution in [1.82, 2.24) is 0 Å². The number of hydrogen-bond acceptors (Lipinski definition) is 3. The van der Waals surface area contributed by atoms with Crippen LogP contribution in [0.1, 0.15) is 18.1 Å². The van der Waals surface area contributed by atoms with Gasteiger partial charge in [-0.3, -0.25) is 9.69 Å². The molecule has 150 valence electrons. The lowest BCUT2D eigenvalue weighted by atomic mass is 10.1. The Hall–Kier alpha value is -3.44. The summed E-state index contributed by atoms with van der Waals surface area (Å²) in [5.41, 5.74) is 2.20. The summed E-state index contributed by atoms with van der Waals surface area (Å²) in [7, 11) is 0. The second-order valence-electron chi connectivity index (χ2n) is 6.56. The summed E-state index contributed by atoms with van der Waals surface area (Å²) in [4.78, 5) is 19.3. The van der Waals surface area contributed by atoms with E-state index in [0.717, 1.165) is 11.3 Å². The van der Waals surface area contributed by atoms with E-state index in [-0.39, 0.29) is 17.4 Å². The zero-order valence-electron chi connectivity index (χ0n) is 16.2. The van der Waals surface area contributed by atoms with E-state index in [1.165, 1.54) is 17.0 Å². The summed E-state index contributed by atoms with van der Waals surface area (Å²) < 4.78 is 18.9. The minimum Gasteiger partial charge on any atom is -0.494 e. The number of benzene rings is 3. The minimum atomic E-state index is -0.383. The Morgan fingerprint density at radius 2 is 1.73 bits per heavy atom. The van der Waals surface area contributed by atoms with Crippen LogP contribution in [0.15, 0.2) is 83.5 Å². The number of aliphatic imine (C=N–C) groups is 1. The maximum absolute atomic E-state index is 13.4. The molecule has 1 aliphatic rings. The normalized spacial score (nSPS) is 14.9. The smallest absolute Gasteiger partial charge is 0.282 e. The third-order valence-electron chi connectivity index (χ3n) is 4.55. The lowest BCUT2D eigenvalue weighted by molar-refractivity contribution is -0.113. The molecule has 0 aromatic heterocycles. The zero-order valence-corrected chi connectivity index (χ0v) is 16.9. The summed E-state index contributed by atoms with van der Waals surface area (Å²) in [6.45, 7) is 2.50. The van der Waals surface area contributed by atoms with Crippen molar-refractivity contribution in [3.05, 3.63) is 100 Å². The van der Waals surface area contributed by atoms with Crippen molar-refractivity contribution in [3.63, 3.8) is 0 Å². The van der Waals surface area contributed by atoms with Gasteiger partial charge in [0.15, 0.2) is 0 Å². The van der Waals surface area contributed by atoms with Crippen LogP contribution < -0.4 is 9.64 Å². The first kappa shape index (κ1) is 19.9. The van der Waals surface area contributed by atoms with Crippen LogP contribution in [0, 0.1) is 5.82 Å². The molecule has 1 aliphatic heterocycles. The van der Waals surface area contributed by atoms with Crippen LogP contribution in [0.3, 0.4) is 0 Å². The highest BCUT2D eigenvalue weighted by molar-refractivity contribution is 6.39. The van der Waals surface area contributed by atoms with Gasteiger partial charge in [-0.1, -0.05) is 35.9 Å². The Morgan fingerprint density at radius 1 is 1.03 bits per heavy atom. The van der Waals surface area contributed by atoms with E-state index in [9.17, 15) is 9.18 Å². The topological polar surface area (TPSA) is 41.9 Å². The van der Waals surface area contributed by atoms with Crippen molar-refractivity contribution in [2.75, 3.05) is 11.5 Å². The highest BCUT2D eigenvalue weighted by Gasteiger charge is 2.33. The third-order valence-corrected chi connectivity index (χ3v) is 4.88. The highest BCUT2D eigenvalue weighted by Crippen LogP contribution is 2.30. The van der Waals surface area contributed by atoms with Crippen molar-refractivity contribution in [3.8, 4) is 5.75 Å². The molecule has 1 amide bonds. The van der Waals surface area contributed by atoms with Gasteiger partial charge in [-0.2, -0.15) is 0 Å². The quantitative estimate of drug-likeness (QED) is 0.496. The Bertz CT molecular complexity index is 1140. The molecule has 0 saturated carbocycles. The van der Waals surface area contributed by atoms with E-state index < -0.39 is 0 Å². The molecule has 0 spiro atoms. The van der Waals surface area contributed by atoms with Crippen LogP contribution in [-0.2, 0) is 4.79 Å². The average molecular weight is 421 g/mol. The number of carbonyl (C=O) groups is 1. The SMILES string of the molecule is CCOc1ccc(/C=C2/N=C(c3ccccc3Cl)N(c3ccc(F)cc3)C2=O)cc1. The fraction of sp³-hybridized carbons (Fsp3) is 0.0833. The molecule has 4 nitrogen and oxygen atoms in total. The van der Waals surface area contributed by atoms with E-state index in [1.54, 1.807) is 30.3 Å². The predicted molar refractivity (Wildman–Crippen MR) is 117 cm³/mol. The second kappa shape index (κ2) is 8.51. The molecule has 3 aromatic rings. The van der Waals surface area contributed by atoms with Gasteiger partial charge in [0.1, 0.15) is 23.1 Å². The number of rotatable bonds is 5. The number of amidine groups is 1. The maximum atomic E-state index is 13.4. The van der Waals surface area contributed by atoms with Gasteiger partial charge >= 0.3 is 0 Å². The van der Waals surface area contributed by atoms with Crippen molar-refractivity contribution >= 4 is 35.1 Å². The zero-order chi connectivity index (χ0) is 21.1. The highest BCUT2D eigenvalue weighted by atomic mass is 35.5. The molecular formula is C24H18ClFN2O2. The molecule has 0 atom stereocenters. The van der Waals surface area contributed by atoms with Crippen LogP contribution >= 0.6 is 11.6 Å². The van der Waals surface area contributed by atoms with Crippen molar-refractivity contribution < 1.29 is 13.9 Å². The largest absolute Gasteiger partial charge is 0.494 e. The molecule has 0 radical (unpaired) electrons. The van der Waals surface area contributed by atoms with Crippen molar-refractivity contribution in [2.24, 2.45) is 4.99 Å². The van der Waals surface area contributed by atoms with Gasteiger partial charge in [0, 0.05) is 5.56 Å². The molecule has 0 saturated heterocycles. The molecular weight excluding hydrogens is 403 g/mol. The standard InChI is InChI=1S/C24H18ClFN2O2/c1-2-30-19-13-7-16(8-14-19)15-22-24(29)28(18-11-9-17(26)10-12-18)23(27-22)20-5-3-4-6-21(20)25/h3-15H,2H2,1H3/b22-15+. The summed E-state index contributed by atoms with van der Waals surface area (Å²) >= 11 is 6.37. The van der Waals surface area contributed by atoms with Crippen molar-refractivity contribution in [2.45, 2.75) is 6.92 Å². The number of anilines is 1. The lowest BCUT2D eigenvalue weighted by Gasteiger charge is -2.19. The number of amides is 1. The van der Waals surface area contributed by atoms with Gasteiger partial charge in [-0.05, 0) is 67.1 Å². The number of hydrogen-bond donors (Lipinski definition) is 0. The Labute approximate surface area is 178 Å². The maximum Gasteiger partial charge on any atom is 0.282 e. The summed E-state index contributed by atoms with van der Waals surface area (Å²) in [5, 5.41) is 0.471. The summed E-state index contributed by atoms with van der Waals surface area (Å²) in [6, 6.07) is 20.3. The van der Waals surface area contributed by atoms with E-state index >= 15 is 0 Å². The van der Waals surface area contributed by atoms with Crippen LogP contribution in [-0.4, -0.2) is 18.3 Å². The summed E-state index contributed by atoms with van der Waals surface area (Å²) in [6.07, 6.45) is 1.71. The van der Waals surface area contributed by atoms with Crippen LogP contribution in [0.4, 0.5) is 10.1 Å². The Morgan fingerprint density at radius 3 is 2.40 bits per heavy atom. The predicted octanol–water partition coefficient (Wildman–Crippen LogP) is 5.71. The molecule has 0 aliphatic carbocycles. The average Bonchev–Trinajstić information content (AvgIpc) is 3.06. The molecule has 0 fully saturated rings. The second-order valence-corrected chi connectivity index (χ2v) is 6.97. The van der Waals surface area contributed by atoms with Crippen molar-refractivity contribution in [1.29, 1.82) is 0 Å². The monoisotopic (exact) mass is 420 g/mol. The number of nitrogens with zero attached hydrogens (tertiary/aromatic N) is 2. The first-order valence-electron chi connectivity index (χ1n) is 9.45. The number of halogens is 2. The van der Waals surface area contributed by atoms with Gasteiger partial charge in [0.2, 0.25) is 0 Å². The van der Waals surface area contributed by atoms with E-state index in [0.29, 0.717) is 28.7 Å². The van der Waals surface area contributed by atoms with Gasteiger partial charge in [-0.25, -0.2) is 9.38 Å². The lowest BCUT2D eigenvalue weighted by Crippen LogP contribution is -2.32.